The quantitative estimate of drug-likeness (QED) is 0.858. The van der Waals surface area contributed by atoms with Gasteiger partial charge in [-0.15, -0.1) is 0 Å². The Labute approximate surface area is 152 Å². The molecule has 1 aromatic carbocycles. The van der Waals surface area contributed by atoms with Crippen molar-refractivity contribution in [2.75, 3.05) is 0 Å². The van der Waals surface area contributed by atoms with E-state index in [-0.39, 0.29) is 29.1 Å². The van der Waals surface area contributed by atoms with Gasteiger partial charge in [-0.25, -0.2) is 4.79 Å². The lowest BCUT2D eigenvalue weighted by atomic mass is 9.97. The van der Waals surface area contributed by atoms with Gasteiger partial charge in [0.1, 0.15) is 5.69 Å². The smallest absolute Gasteiger partial charge is 0.355 e. The third-order valence-electron chi connectivity index (χ3n) is 5.04. The molecule has 3 atom stereocenters. The summed E-state index contributed by atoms with van der Waals surface area (Å²) in [7, 11) is 0. The fourth-order valence-corrected chi connectivity index (χ4v) is 3.65. The van der Waals surface area contributed by atoms with E-state index in [1.165, 1.54) is 6.07 Å². The minimum absolute atomic E-state index is 0.0492. The molecule has 1 amide bonds. The lowest BCUT2D eigenvalue weighted by Gasteiger charge is -2.40. The molecule has 2 heterocycles. The average Bonchev–Trinajstić information content (AvgIpc) is 2.61. The number of para-hydroxylation sites is 1. The van der Waals surface area contributed by atoms with E-state index in [2.05, 4.69) is 4.98 Å². The second kappa shape index (κ2) is 7.32. The van der Waals surface area contributed by atoms with E-state index >= 15 is 0 Å². The molecule has 1 N–H and O–H groups in total. The van der Waals surface area contributed by atoms with E-state index in [1.807, 2.05) is 18.7 Å². The molecule has 2 aromatic rings. The lowest BCUT2D eigenvalue weighted by Crippen LogP contribution is -2.51. The Kier molecular flexibility index (Phi) is 5.11. The summed E-state index contributed by atoms with van der Waals surface area (Å²) in [6, 6.07) is 8.43. The Balaban J connectivity index is 1.77. The van der Waals surface area contributed by atoms with E-state index in [9.17, 15) is 14.4 Å². The fraction of sp³-hybridized carbons (Fsp3) is 0.450. The Morgan fingerprint density at radius 1 is 1.19 bits per heavy atom. The number of benzene rings is 1. The summed E-state index contributed by atoms with van der Waals surface area (Å²) in [6.07, 6.45) is 2.10. The highest BCUT2D eigenvalue weighted by Gasteiger charge is 2.33. The molecule has 1 saturated heterocycles. The SMILES string of the molecule is C[C@@H]1CCC[C@@H](C)N1C(=O)[C@@H](C)OC(=O)c1cc(=O)c2ccccc2[nH]1. The van der Waals surface area contributed by atoms with E-state index in [0.29, 0.717) is 10.9 Å². The van der Waals surface area contributed by atoms with Gasteiger partial charge in [-0.2, -0.15) is 0 Å². The zero-order valence-electron chi connectivity index (χ0n) is 15.3. The number of carbonyl (C=O) groups excluding carboxylic acids is 2. The van der Waals surface area contributed by atoms with Crippen LogP contribution in [0.1, 0.15) is 50.5 Å². The van der Waals surface area contributed by atoms with Gasteiger partial charge in [-0.05, 0) is 52.2 Å². The molecule has 1 aliphatic heterocycles. The molecular formula is C20H24N2O4. The largest absolute Gasteiger partial charge is 0.448 e. The van der Waals surface area contributed by atoms with Crippen molar-refractivity contribution in [1.29, 1.82) is 0 Å². The molecule has 1 fully saturated rings. The van der Waals surface area contributed by atoms with Crippen molar-refractivity contribution in [2.24, 2.45) is 0 Å². The molecule has 0 bridgehead atoms. The first-order chi connectivity index (χ1) is 12.4. The summed E-state index contributed by atoms with van der Waals surface area (Å²) >= 11 is 0. The van der Waals surface area contributed by atoms with Crippen molar-refractivity contribution < 1.29 is 14.3 Å². The number of fused-ring (bicyclic) bond motifs is 1. The number of aromatic nitrogens is 1. The van der Waals surface area contributed by atoms with Crippen LogP contribution in [0.5, 0.6) is 0 Å². The van der Waals surface area contributed by atoms with Crippen molar-refractivity contribution in [1.82, 2.24) is 9.88 Å². The van der Waals surface area contributed by atoms with Gasteiger partial charge in [-0.1, -0.05) is 12.1 Å². The normalized spacial score (nSPS) is 21.4. The lowest BCUT2D eigenvalue weighted by molar-refractivity contribution is -0.146. The summed E-state index contributed by atoms with van der Waals surface area (Å²) < 4.78 is 5.35. The van der Waals surface area contributed by atoms with Crippen LogP contribution < -0.4 is 5.43 Å². The fourth-order valence-electron chi connectivity index (χ4n) is 3.65. The number of hydrogen-bond donors (Lipinski definition) is 1. The molecule has 6 heteroatoms. The number of rotatable bonds is 3. The number of amides is 1. The van der Waals surface area contributed by atoms with Crippen molar-refractivity contribution in [3.05, 3.63) is 46.2 Å². The summed E-state index contributed by atoms with van der Waals surface area (Å²) in [6.45, 7) is 5.61. The van der Waals surface area contributed by atoms with Crippen LogP contribution in [0, 0.1) is 0 Å². The average molecular weight is 356 g/mol. The number of carbonyl (C=O) groups is 2. The van der Waals surface area contributed by atoms with Gasteiger partial charge in [-0.3, -0.25) is 9.59 Å². The highest BCUT2D eigenvalue weighted by Crippen LogP contribution is 2.24. The molecule has 0 aliphatic carbocycles. The van der Waals surface area contributed by atoms with Crippen LogP contribution in [0.25, 0.3) is 10.9 Å². The Morgan fingerprint density at radius 2 is 1.85 bits per heavy atom. The monoisotopic (exact) mass is 356 g/mol. The third kappa shape index (κ3) is 3.49. The molecule has 6 nitrogen and oxygen atoms in total. The maximum atomic E-state index is 12.7. The Hall–Kier alpha value is -2.63. The van der Waals surface area contributed by atoms with Crippen molar-refractivity contribution in [2.45, 2.75) is 58.2 Å². The third-order valence-corrected chi connectivity index (χ3v) is 5.04. The number of nitrogens with one attached hydrogen (secondary N) is 1. The van der Waals surface area contributed by atoms with Crippen molar-refractivity contribution >= 4 is 22.8 Å². The van der Waals surface area contributed by atoms with Gasteiger partial charge >= 0.3 is 5.97 Å². The minimum atomic E-state index is -0.902. The first kappa shape index (κ1) is 18.2. The van der Waals surface area contributed by atoms with Gasteiger partial charge in [0.15, 0.2) is 11.5 Å². The number of likely N-dealkylation sites (tertiary alicyclic amines) is 1. The summed E-state index contributed by atoms with van der Waals surface area (Å²) in [5, 5.41) is 0.504. The number of hydrogen-bond acceptors (Lipinski definition) is 4. The molecule has 0 spiro atoms. The van der Waals surface area contributed by atoms with Gasteiger partial charge in [0.25, 0.3) is 5.91 Å². The zero-order chi connectivity index (χ0) is 18.8. The maximum absolute atomic E-state index is 12.7. The highest BCUT2D eigenvalue weighted by molar-refractivity contribution is 5.93. The Morgan fingerprint density at radius 3 is 2.54 bits per heavy atom. The summed E-state index contributed by atoms with van der Waals surface area (Å²) in [5.41, 5.74) is 0.348. The van der Waals surface area contributed by atoms with Crippen LogP contribution in [0.3, 0.4) is 0 Å². The molecule has 1 aromatic heterocycles. The van der Waals surface area contributed by atoms with Crippen molar-refractivity contribution in [3.8, 4) is 0 Å². The number of aromatic amines is 1. The van der Waals surface area contributed by atoms with Crippen molar-refractivity contribution in [3.63, 3.8) is 0 Å². The predicted molar refractivity (Wildman–Crippen MR) is 99.1 cm³/mol. The summed E-state index contributed by atoms with van der Waals surface area (Å²) in [5.74, 6) is -0.896. The number of piperidine rings is 1. The zero-order valence-corrected chi connectivity index (χ0v) is 15.3. The Bertz CT molecular complexity index is 879. The highest BCUT2D eigenvalue weighted by atomic mass is 16.5. The van der Waals surface area contributed by atoms with Gasteiger partial charge in [0.05, 0.1) is 0 Å². The topological polar surface area (TPSA) is 79.5 Å². The van der Waals surface area contributed by atoms with E-state index < -0.39 is 12.1 Å². The predicted octanol–water partition coefficient (Wildman–Crippen LogP) is 2.86. The first-order valence-electron chi connectivity index (χ1n) is 9.03. The number of pyridine rings is 1. The van der Waals surface area contributed by atoms with Gasteiger partial charge < -0.3 is 14.6 Å². The second-order valence-electron chi connectivity index (χ2n) is 7.01. The van der Waals surface area contributed by atoms with Crippen LogP contribution >= 0.6 is 0 Å². The van der Waals surface area contributed by atoms with Crippen LogP contribution in [-0.2, 0) is 9.53 Å². The minimum Gasteiger partial charge on any atom is -0.448 e. The molecule has 0 unspecified atom stereocenters. The van der Waals surface area contributed by atoms with E-state index in [4.69, 9.17) is 4.74 Å². The molecular weight excluding hydrogens is 332 g/mol. The number of esters is 1. The first-order valence-corrected chi connectivity index (χ1v) is 9.03. The van der Waals surface area contributed by atoms with Crippen LogP contribution in [0.15, 0.2) is 35.1 Å². The number of ether oxygens (including phenoxy) is 1. The molecule has 0 saturated carbocycles. The molecule has 138 valence electrons. The van der Waals surface area contributed by atoms with Gasteiger partial charge in [0.2, 0.25) is 0 Å². The van der Waals surface area contributed by atoms with Crippen LogP contribution in [0.2, 0.25) is 0 Å². The molecule has 0 radical (unpaired) electrons. The number of nitrogens with zero attached hydrogens (tertiary/aromatic N) is 1. The van der Waals surface area contributed by atoms with Gasteiger partial charge in [0, 0.05) is 29.1 Å². The van der Waals surface area contributed by atoms with Crippen LogP contribution in [-0.4, -0.2) is 39.9 Å². The second-order valence-corrected chi connectivity index (χ2v) is 7.01. The standard InChI is InChI=1S/C20H24N2O4/c1-12-7-6-8-13(2)22(12)19(24)14(3)26-20(25)17-11-18(23)15-9-4-5-10-16(15)21-17/h4-5,9-14H,6-8H2,1-3H3,(H,21,23)/t12-,13-,14-/m1/s1. The number of H-pyrrole nitrogens is 1. The van der Waals surface area contributed by atoms with E-state index in [0.717, 1.165) is 19.3 Å². The molecule has 3 rings (SSSR count). The van der Waals surface area contributed by atoms with Crippen LogP contribution in [0.4, 0.5) is 0 Å². The van der Waals surface area contributed by atoms with E-state index in [1.54, 1.807) is 31.2 Å². The molecule has 1 aliphatic rings. The maximum Gasteiger partial charge on any atom is 0.355 e. The molecule has 26 heavy (non-hydrogen) atoms. The summed E-state index contributed by atoms with van der Waals surface area (Å²) in [4.78, 5) is 42.1.